The molecule has 0 saturated carbocycles. The van der Waals surface area contributed by atoms with Crippen molar-refractivity contribution in [1.29, 1.82) is 0 Å². The lowest BCUT2D eigenvalue weighted by atomic mass is 10.2. The highest BCUT2D eigenvalue weighted by molar-refractivity contribution is 8.00. The minimum absolute atomic E-state index is 0.0514. The second kappa shape index (κ2) is 7.06. The van der Waals surface area contributed by atoms with Crippen molar-refractivity contribution in [3.63, 3.8) is 0 Å². The molecule has 116 valence electrons. The van der Waals surface area contributed by atoms with Gasteiger partial charge >= 0.3 is 0 Å². The Hall–Kier alpha value is -2.67. The van der Waals surface area contributed by atoms with Gasteiger partial charge in [0, 0.05) is 10.6 Å². The molecule has 0 aliphatic carbocycles. The summed E-state index contributed by atoms with van der Waals surface area (Å²) in [5.74, 6) is 0.308. The van der Waals surface area contributed by atoms with Crippen LogP contribution in [0.4, 0.5) is 5.69 Å². The van der Waals surface area contributed by atoms with Crippen LogP contribution in [0.25, 0.3) is 5.69 Å². The summed E-state index contributed by atoms with van der Waals surface area (Å²) in [6.45, 7) is 2.04. The lowest BCUT2D eigenvalue weighted by Crippen LogP contribution is -2.14. The fraction of sp³-hybridized carbons (Fsp3) is 0.125. The number of aromatic nitrogens is 4. The van der Waals surface area contributed by atoms with E-state index in [9.17, 15) is 4.79 Å². The summed E-state index contributed by atoms with van der Waals surface area (Å²) < 4.78 is 1.54. The molecule has 3 rings (SSSR count). The Balaban J connectivity index is 1.59. The first-order chi connectivity index (χ1) is 11.2. The van der Waals surface area contributed by atoms with Crippen LogP contribution in [0.2, 0.25) is 0 Å². The predicted octanol–water partition coefficient (Wildman–Crippen LogP) is 2.70. The van der Waals surface area contributed by atoms with E-state index in [4.69, 9.17) is 0 Å². The number of rotatable bonds is 5. The van der Waals surface area contributed by atoms with Gasteiger partial charge in [-0.15, -0.1) is 16.9 Å². The molecule has 0 bridgehead atoms. The standard InChI is InChI=1S/C16H15N5OS/c1-12-5-7-15(8-6-12)23-10-16(22)18-13-3-2-4-14(9-13)21-11-17-19-20-21/h2-9,11H,10H2,1H3,(H,18,22). The molecule has 1 amide bonds. The molecule has 1 heterocycles. The molecule has 0 atom stereocenters. The van der Waals surface area contributed by atoms with Crippen molar-refractivity contribution in [2.45, 2.75) is 11.8 Å². The molecule has 7 heteroatoms. The first-order valence-corrected chi connectivity index (χ1v) is 8.02. The molecule has 0 saturated heterocycles. The van der Waals surface area contributed by atoms with Crippen molar-refractivity contribution in [3.05, 3.63) is 60.4 Å². The van der Waals surface area contributed by atoms with Crippen LogP contribution in [0, 0.1) is 6.92 Å². The molecule has 0 spiro atoms. The van der Waals surface area contributed by atoms with Crippen molar-refractivity contribution in [2.75, 3.05) is 11.1 Å². The van der Waals surface area contributed by atoms with Crippen LogP contribution in [-0.4, -0.2) is 31.9 Å². The van der Waals surface area contributed by atoms with Crippen molar-refractivity contribution in [1.82, 2.24) is 20.2 Å². The Labute approximate surface area is 137 Å². The van der Waals surface area contributed by atoms with Crippen molar-refractivity contribution in [2.24, 2.45) is 0 Å². The van der Waals surface area contributed by atoms with E-state index in [1.165, 1.54) is 28.3 Å². The topological polar surface area (TPSA) is 72.7 Å². The average Bonchev–Trinajstić information content (AvgIpc) is 3.09. The molecule has 23 heavy (non-hydrogen) atoms. The van der Waals surface area contributed by atoms with Gasteiger partial charge in [-0.1, -0.05) is 23.8 Å². The number of amides is 1. The first kappa shape index (κ1) is 15.2. The first-order valence-electron chi connectivity index (χ1n) is 7.03. The average molecular weight is 325 g/mol. The molecule has 2 aromatic carbocycles. The highest BCUT2D eigenvalue weighted by Gasteiger charge is 2.05. The smallest absolute Gasteiger partial charge is 0.234 e. The number of nitrogens with zero attached hydrogens (tertiary/aromatic N) is 4. The van der Waals surface area contributed by atoms with Crippen molar-refractivity contribution in [3.8, 4) is 5.69 Å². The van der Waals surface area contributed by atoms with Gasteiger partial charge in [-0.3, -0.25) is 4.79 Å². The van der Waals surface area contributed by atoms with E-state index >= 15 is 0 Å². The summed E-state index contributed by atoms with van der Waals surface area (Å²) in [6, 6.07) is 15.5. The van der Waals surface area contributed by atoms with E-state index < -0.39 is 0 Å². The molecule has 0 radical (unpaired) electrons. The zero-order valence-electron chi connectivity index (χ0n) is 12.5. The number of carbonyl (C=O) groups is 1. The maximum Gasteiger partial charge on any atom is 0.234 e. The fourth-order valence-corrected chi connectivity index (χ4v) is 2.68. The van der Waals surface area contributed by atoms with Crippen LogP contribution in [0.5, 0.6) is 0 Å². The minimum atomic E-state index is -0.0514. The quantitative estimate of drug-likeness (QED) is 0.730. The summed E-state index contributed by atoms with van der Waals surface area (Å²) in [4.78, 5) is 13.1. The van der Waals surface area contributed by atoms with Crippen LogP contribution in [-0.2, 0) is 4.79 Å². The zero-order valence-corrected chi connectivity index (χ0v) is 13.3. The Morgan fingerprint density at radius 2 is 2.04 bits per heavy atom. The Morgan fingerprint density at radius 1 is 1.22 bits per heavy atom. The van der Waals surface area contributed by atoms with Crippen LogP contribution in [0.1, 0.15) is 5.56 Å². The van der Waals surface area contributed by atoms with Gasteiger partial charge in [0.1, 0.15) is 6.33 Å². The predicted molar refractivity (Wildman–Crippen MR) is 89.7 cm³/mol. The number of tetrazole rings is 1. The molecule has 0 fully saturated rings. The highest BCUT2D eigenvalue weighted by atomic mass is 32.2. The highest BCUT2D eigenvalue weighted by Crippen LogP contribution is 2.19. The van der Waals surface area contributed by atoms with Crippen LogP contribution in [0.3, 0.4) is 0 Å². The largest absolute Gasteiger partial charge is 0.325 e. The summed E-state index contributed by atoms with van der Waals surface area (Å²) in [7, 11) is 0. The Kier molecular flexibility index (Phi) is 4.68. The molecule has 6 nitrogen and oxygen atoms in total. The third kappa shape index (κ3) is 4.17. The SMILES string of the molecule is Cc1ccc(SCC(=O)Nc2cccc(-n3cnnn3)c2)cc1. The molecular formula is C16H15N5OS. The molecule has 0 aliphatic rings. The third-order valence-corrected chi connectivity index (χ3v) is 4.15. The van der Waals surface area contributed by atoms with Crippen molar-refractivity contribution >= 4 is 23.4 Å². The molecule has 3 aromatic rings. The van der Waals surface area contributed by atoms with Crippen LogP contribution >= 0.6 is 11.8 Å². The number of anilines is 1. The van der Waals surface area contributed by atoms with E-state index in [1.807, 2.05) is 55.5 Å². The molecule has 0 aliphatic heterocycles. The van der Waals surface area contributed by atoms with E-state index in [0.717, 1.165) is 10.6 Å². The van der Waals surface area contributed by atoms with Gasteiger partial charge in [0.15, 0.2) is 0 Å². The Morgan fingerprint density at radius 3 is 2.78 bits per heavy atom. The number of hydrogen-bond donors (Lipinski definition) is 1. The maximum atomic E-state index is 12.1. The molecule has 1 aromatic heterocycles. The third-order valence-electron chi connectivity index (χ3n) is 3.13. The summed E-state index contributed by atoms with van der Waals surface area (Å²) in [5, 5.41) is 13.9. The number of hydrogen-bond acceptors (Lipinski definition) is 5. The van der Waals surface area contributed by atoms with Gasteiger partial charge in [-0.25, -0.2) is 4.68 Å². The Bertz CT molecular complexity index is 786. The summed E-state index contributed by atoms with van der Waals surface area (Å²) in [6.07, 6.45) is 1.51. The van der Waals surface area contributed by atoms with Gasteiger partial charge in [0.25, 0.3) is 0 Å². The lowest BCUT2D eigenvalue weighted by Gasteiger charge is -2.07. The van der Waals surface area contributed by atoms with E-state index in [0.29, 0.717) is 11.4 Å². The second-order valence-corrected chi connectivity index (χ2v) is 6.00. The van der Waals surface area contributed by atoms with Gasteiger partial charge < -0.3 is 5.32 Å². The van der Waals surface area contributed by atoms with E-state index in [2.05, 4.69) is 20.8 Å². The molecule has 0 unspecified atom stereocenters. The normalized spacial score (nSPS) is 10.5. The number of thioether (sulfide) groups is 1. The minimum Gasteiger partial charge on any atom is -0.325 e. The monoisotopic (exact) mass is 325 g/mol. The maximum absolute atomic E-state index is 12.1. The van der Waals surface area contributed by atoms with E-state index in [-0.39, 0.29) is 5.91 Å². The summed E-state index contributed by atoms with van der Waals surface area (Å²) >= 11 is 1.51. The molecule has 1 N–H and O–H groups in total. The van der Waals surface area contributed by atoms with E-state index in [1.54, 1.807) is 0 Å². The molecular weight excluding hydrogens is 310 g/mol. The number of benzene rings is 2. The second-order valence-electron chi connectivity index (χ2n) is 4.95. The fourth-order valence-electron chi connectivity index (χ4n) is 1.99. The lowest BCUT2D eigenvalue weighted by molar-refractivity contribution is -0.113. The number of aryl methyl sites for hydroxylation is 1. The number of nitrogens with one attached hydrogen (secondary N) is 1. The van der Waals surface area contributed by atoms with Gasteiger partial charge in [-0.2, -0.15) is 0 Å². The number of carbonyl (C=O) groups excluding carboxylic acids is 1. The van der Waals surface area contributed by atoms with Gasteiger partial charge in [0.05, 0.1) is 11.4 Å². The van der Waals surface area contributed by atoms with Crippen LogP contribution < -0.4 is 5.32 Å². The van der Waals surface area contributed by atoms with Crippen LogP contribution in [0.15, 0.2) is 59.8 Å². The van der Waals surface area contributed by atoms with Gasteiger partial charge in [-0.05, 0) is 47.7 Å². The van der Waals surface area contributed by atoms with Gasteiger partial charge in [0.2, 0.25) is 5.91 Å². The summed E-state index contributed by atoms with van der Waals surface area (Å²) in [5.41, 5.74) is 2.71. The zero-order chi connectivity index (χ0) is 16.1. The van der Waals surface area contributed by atoms with Crippen molar-refractivity contribution < 1.29 is 4.79 Å².